The average Bonchev–Trinajstić information content (AvgIpc) is 1.65. The average molecular weight is 99.1 g/mol. The Hall–Kier alpha value is -0.600. The van der Waals surface area contributed by atoms with Gasteiger partial charge in [-0.15, -0.1) is 0 Å². The molecule has 0 aromatic rings. The van der Waals surface area contributed by atoms with Gasteiger partial charge in [0.25, 0.3) is 0 Å². The predicted molar refractivity (Wildman–Crippen MR) is 29.6 cm³/mol. The van der Waals surface area contributed by atoms with E-state index in [4.69, 9.17) is 0 Å². The molecule has 40 valence electrons. The van der Waals surface area contributed by atoms with Crippen LogP contribution in [0, 0.1) is 5.21 Å². The van der Waals surface area contributed by atoms with E-state index >= 15 is 0 Å². The summed E-state index contributed by atoms with van der Waals surface area (Å²) >= 11 is 0. The van der Waals surface area contributed by atoms with Crippen molar-refractivity contribution in [2.45, 2.75) is 0 Å². The Bertz CT molecular complexity index is 86.1. The summed E-state index contributed by atoms with van der Waals surface area (Å²) < 4.78 is 0. The molecular weight excluding hydrogens is 90.1 g/mol. The summed E-state index contributed by atoms with van der Waals surface area (Å²) in [6.07, 6.45) is 1.45. The van der Waals surface area contributed by atoms with Crippen LogP contribution in [0.5, 0.6) is 0 Å². The van der Waals surface area contributed by atoms with Gasteiger partial charge in [0.1, 0.15) is 5.70 Å². The van der Waals surface area contributed by atoms with E-state index < -0.39 is 0 Å². The first kappa shape index (κ1) is 6.40. The summed E-state index contributed by atoms with van der Waals surface area (Å²) in [4.78, 5) is 0. The van der Waals surface area contributed by atoms with Crippen LogP contribution in [0.2, 0.25) is 0 Å². The van der Waals surface area contributed by atoms with Crippen LogP contribution >= 0.6 is 0 Å². The number of allylic oxidation sites excluding steroid dienone is 1. The monoisotopic (exact) mass is 99.1 g/mol. The first-order valence-corrected chi connectivity index (χ1v) is 2.00. The Morgan fingerprint density at radius 3 is 2.29 bits per heavy atom. The molecule has 0 aromatic heterocycles. The molecule has 0 rings (SSSR count). The molecule has 0 bridgehead atoms. The van der Waals surface area contributed by atoms with Crippen molar-refractivity contribution in [3.8, 4) is 0 Å². The molecule has 0 fully saturated rings. The fourth-order valence-electron chi connectivity index (χ4n) is 0.144. The van der Waals surface area contributed by atoms with Crippen molar-refractivity contribution in [1.29, 1.82) is 0 Å². The molecular formula is C5H9NO. The van der Waals surface area contributed by atoms with E-state index in [-0.39, 0.29) is 5.06 Å². The maximum absolute atomic E-state index is 10.2. The van der Waals surface area contributed by atoms with Crippen LogP contribution in [-0.2, 0) is 0 Å². The minimum atomic E-state index is -0.0185. The highest BCUT2D eigenvalue weighted by Crippen LogP contribution is 1.70. The number of hydroxylamine groups is 2. The first-order chi connectivity index (χ1) is 3.18. The van der Waals surface area contributed by atoms with Crippen molar-refractivity contribution in [2.75, 3.05) is 7.05 Å². The number of hydrogen-bond donors (Lipinski definition) is 1. The van der Waals surface area contributed by atoms with Crippen LogP contribution in [0.1, 0.15) is 0 Å². The molecule has 0 saturated carbocycles. The van der Waals surface area contributed by atoms with Crippen LogP contribution in [-0.4, -0.2) is 7.05 Å². The third-order valence-corrected chi connectivity index (χ3v) is 0.699. The van der Waals surface area contributed by atoms with Gasteiger partial charge in [-0.3, -0.25) is 0 Å². The van der Waals surface area contributed by atoms with Crippen molar-refractivity contribution in [3.05, 3.63) is 30.1 Å². The summed E-state index contributed by atoms with van der Waals surface area (Å²) in [5, 5.41) is 10.2. The van der Waals surface area contributed by atoms with Gasteiger partial charge < -0.3 is 10.3 Å². The van der Waals surface area contributed by atoms with Crippen LogP contribution < -0.4 is 5.06 Å². The van der Waals surface area contributed by atoms with Gasteiger partial charge in [0.15, 0.2) is 0 Å². The van der Waals surface area contributed by atoms with Crippen molar-refractivity contribution < 1.29 is 5.06 Å². The topological polar surface area (TPSA) is 27.5 Å². The second-order valence-corrected chi connectivity index (χ2v) is 1.29. The lowest BCUT2D eigenvalue weighted by molar-refractivity contribution is -0.778. The Labute approximate surface area is 43.3 Å². The number of nitrogens with one attached hydrogen (secondary N) is 1. The summed E-state index contributed by atoms with van der Waals surface area (Å²) in [6, 6.07) is 0. The molecule has 1 N–H and O–H groups in total. The van der Waals surface area contributed by atoms with Crippen molar-refractivity contribution >= 4 is 0 Å². The zero-order chi connectivity index (χ0) is 5.86. The number of rotatable bonds is 2. The summed E-state index contributed by atoms with van der Waals surface area (Å²) in [6.45, 7) is 6.77. The van der Waals surface area contributed by atoms with E-state index in [9.17, 15) is 5.21 Å². The first-order valence-electron chi connectivity index (χ1n) is 2.00. The quantitative estimate of drug-likeness (QED) is 0.373. The molecule has 0 heterocycles. The zero-order valence-electron chi connectivity index (χ0n) is 4.40. The van der Waals surface area contributed by atoms with Crippen molar-refractivity contribution in [1.82, 2.24) is 0 Å². The van der Waals surface area contributed by atoms with Gasteiger partial charge in [-0.1, -0.05) is 6.58 Å². The highest BCUT2D eigenvalue weighted by Gasteiger charge is 1.84. The third kappa shape index (κ3) is 2.14. The molecule has 2 heteroatoms. The van der Waals surface area contributed by atoms with E-state index in [2.05, 4.69) is 13.2 Å². The molecule has 7 heavy (non-hydrogen) atoms. The van der Waals surface area contributed by atoms with Crippen LogP contribution in [0.25, 0.3) is 0 Å². The molecule has 0 aliphatic heterocycles. The van der Waals surface area contributed by atoms with Crippen LogP contribution in [0.4, 0.5) is 0 Å². The lowest BCUT2D eigenvalue weighted by Crippen LogP contribution is -3.01. The van der Waals surface area contributed by atoms with Crippen molar-refractivity contribution in [2.24, 2.45) is 0 Å². The Morgan fingerprint density at radius 1 is 1.86 bits per heavy atom. The predicted octanol–water partition coefficient (Wildman–Crippen LogP) is -0.301. The zero-order valence-corrected chi connectivity index (χ0v) is 4.40. The number of quaternary nitrogens is 1. The fraction of sp³-hybridized carbons (Fsp3) is 0.200. The maximum atomic E-state index is 10.2. The fourth-order valence-corrected chi connectivity index (χ4v) is 0.144. The molecule has 0 spiro atoms. The molecule has 0 aliphatic carbocycles. The van der Waals surface area contributed by atoms with Gasteiger partial charge in [-0.2, -0.15) is 0 Å². The Balaban J connectivity index is 3.56. The summed E-state index contributed by atoms with van der Waals surface area (Å²) in [5.74, 6) is 0. The van der Waals surface area contributed by atoms with Gasteiger partial charge in [-0.25, -0.2) is 0 Å². The Morgan fingerprint density at radius 2 is 2.29 bits per heavy atom. The van der Waals surface area contributed by atoms with Gasteiger partial charge in [0, 0.05) is 0 Å². The van der Waals surface area contributed by atoms with E-state index in [1.807, 2.05) is 0 Å². The summed E-state index contributed by atoms with van der Waals surface area (Å²) in [5.41, 5.74) is 0.472. The minimum absolute atomic E-state index is 0.0185. The van der Waals surface area contributed by atoms with Crippen LogP contribution in [0.15, 0.2) is 24.9 Å². The van der Waals surface area contributed by atoms with Crippen LogP contribution in [0.3, 0.4) is 0 Å². The van der Waals surface area contributed by atoms with E-state index in [1.165, 1.54) is 13.1 Å². The lowest BCUT2D eigenvalue weighted by Gasteiger charge is -2.13. The largest absolute Gasteiger partial charge is 0.629 e. The molecule has 1 unspecified atom stereocenters. The summed E-state index contributed by atoms with van der Waals surface area (Å²) in [7, 11) is 1.46. The second-order valence-electron chi connectivity index (χ2n) is 1.29. The van der Waals surface area contributed by atoms with Crippen molar-refractivity contribution in [3.63, 3.8) is 0 Å². The number of hydrogen-bond acceptors (Lipinski definition) is 1. The third-order valence-electron chi connectivity index (χ3n) is 0.699. The lowest BCUT2D eigenvalue weighted by atomic mass is 10.5. The van der Waals surface area contributed by atoms with E-state index in [0.29, 0.717) is 5.70 Å². The molecule has 0 saturated heterocycles. The Kier molecular flexibility index (Phi) is 2.33. The van der Waals surface area contributed by atoms with Gasteiger partial charge in [0.05, 0.1) is 7.05 Å². The van der Waals surface area contributed by atoms with Gasteiger partial charge in [0.2, 0.25) is 0 Å². The molecule has 2 nitrogen and oxygen atoms in total. The number of likely N-dealkylation sites (N-methyl/N-ethyl adjacent to an activating group) is 1. The molecule has 0 radical (unpaired) electrons. The molecule has 0 aliphatic rings. The van der Waals surface area contributed by atoms with Gasteiger partial charge in [-0.05, 0) is 12.7 Å². The van der Waals surface area contributed by atoms with E-state index in [0.717, 1.165) is 0 Å². The normalized spacial score (nSPS) is 12.9. The minimum Gasteiger partial charge on any atom is -0.629 e. The highest BCUT2D eigenvalue weighted by atomic mass is 16.5. The van der Waals surface area contributed by atoms with Gasteiger partial charge >= 0.3 is 0 Å². The molecule has 0 amide bonds. The smallest absolute Gasteiger partial charge is 0.123 e. The maximum Gasteiger partial charge on any atom is 0.123 e. The highest BCUT2D eigenvalue weighted by molar-refractivity contribution is 4.99. The molecule has 0 aromatic carbocycles. The standard InChI is InChI=1S/C5H9NO/c1-4-5(2)6(3)7/h4,6H,1-2H2,3H3. The van der Waals surface area contributed by atoms with E-state index in [1.54, 1.807) is 0 Å². The SMILES string of the molecule is C=CC(=C)[NH+](C)[O-]. The second kappa shape index (κ2) is 2.55. The molecule has 1 atom stereocenters.